The van der Waals surface area contributed by atoms with E-state index in [9.17, 15) is 18.0 Å². The van der Waals surface area contributed by atoms with Gasteiger partial charge in [-0.25, -0.2) is 18.7 Å². The summed E-state index contributed by atoms with van der Waals surface area (Å²) in [4.78, 5) is 16.8. The van der Waals surface area contributed by atoms with Gasteiger partial charge in [0.15, 0.2) is 11.6 Å². The van der Waals surface area contributed by atoms with Crippen molar-refractivity contribution < 1.29 is 31.8 Å². The molecule has 0 bridgehead atoms. The Morgan fingerprint density at radius 1 is 1.24 bits per heavy atom. The number of nitrogens with one attached hydrogen (secondary N) is 3. The monoisotopic (exact) mass is 537 g/mol. The highest BCUT2D eigenvalue weighted by Crippen LogP contribution is 2.41. The molecule has 1 amide bonds. The lowest BCUT2D eigenvalue weighted by Gasteiger charge is -2.19. The summed E-state index contributed by atoms with van der Waals surface area (Å²) in [6.07, 6.45) is -1.34. The van der Waals surface area contributed by atoms with E-state index in [1.165, 1.54) is 10.6 Å². The molecule has 3 aromatic heterocycles. The molecule has 0 unspecified atom stereocenters. The fraction of sp³-hybridized carbons (Fsp3) is 0.583. The summed E-state index contributed by atoms with van der Waals surface area (Å²) in [5.74, 6) is 0.468. The minimum atomic E-state index is -4.77. The van der Waals surface area contributed by atoms with Gasteiger partial charge in [-0.05, 0) is 51.5 Å². The Labute approximate surface area is 214 Å². The van der Waals surface area contributed by atoms with Gasteiger partial charge in [-0.15, -0.1) is 13.2 Å². The van der Waals surface area contributed by atoms with Gasteiger partial charge in [-0.3, -0.25) is 9.84 Å². The summed E-state index contributed by atoms with van der Waals surface area (Å²) < 4.78 is 63.5. The molecular weight excluding hydrogens is 510 g/mol. The highest BCUT2D eigenvalue weighted by molar-refractivity contribution is 5.73. The maximum absolute atomic E-state index is 15.2. The van der Waals surface area contributed by atoms with Crippen LogP contribution in [-0.2, 0) is 16.1 Å². The van der Waals surface area contributed by atoms with Crippen molar-refractivity contribution in [1.29, 1.82) is 0 Å². The number of hydrogen-bond acceptors (Lipinski definition) is 7. The molecule has 204 valence electrons. The fourth-order valence-corrected chi connectivity index (χ4v) is 4.77. The van der Waals surface area contributed by atoms with Crippen LogP contribution in [0.4, 0.5) is 34.0 Å². The number of halogens is 4. The fourth-order valence-electron chi connectivity index (χ4n) is 4.77. The number of amides is 1. The standard InChI is InChI=1S/C24H27F4N7O3/c1-23(6-7-23)31-22(36)38-18-5-4-14(20(18)25)15-9-19(33-32-15)30-21-17-8-13(11-37-24(26,27)28)34-35(17)10-16(29-21)12-2-3-12/h8-10,12,14,18,20H,2-7,11H2,1H3,(H,31,36)(H2,29,30,32,33)/t14-,18-,20-/m0/s1. The zero-order valence-electron chi connectivity index (χ0n) is 20.5. The number of rotatable bonds is 8. The molecule has 0 radical (unpaired) electrons. The minimum Gasteiger partial charge on any atom is -0.443 e. The highest BCUT2D eigenvalue weighted by Gasteiger charge is 2.43. The lowest BCUT2D eigenvalue weighted by molar-refractivity contribution is -0.330. The van der Waals surface area contributed by atoms with Crippen molar-refractivity contribution in [2.45, 2.75) is 88.1 Å². The van der Waals surface area contributed by atoms with E-state index in [2.05, 4.69) is 35.7 Å². The van der Waals surface area contributed by atoms with Gasteiger partial charge in [0.1, 0.15) is 24.4 Å². The molecule has 0 aliphatic heterocycles. The van der Waals surface area contributed by atoms with Crippen LogP contribution in [0.2, 0.25) is 0 Å². The normalized spacial score (nSPS) is 24.5. The van der Waals surface area contributed by atoms with Gasteiger partial charge in [0.25, 0.3) is 0 Å². The van der Waals surface area contributed by atoms with Crippen molar-refractivity contribution in [3.05, 3.63) is 35.4 Å². The van der Waals surface area contributed by atoms with Crippen LogP contribution in [0.1, 0.15) is 74.4 Å². The van der Waals surface area contributed by atoms with E-state index >= 15 is 4.39 Å². The van der Waals surface area contributed by atoms with E-state index in [1.807, 2.05) is 6.92 Å². The number of nitrogens with zero attached hydrogens (tertiary/aromatic N) is 4. The number of carbonyl (C=O) groups is 1. The van der Waals surface area contributed by atoms with Crippen LogP contribution in [0, 0.1) is 0 Å². The summed E-state index contributed by atoms with van der Waals surface area (Å²) >= 11 is 0. The van der Waals surface area contributed by atoms with Crippen molar-refractivity contribution in [3.8, 4) is 0 Å². The Morgan fingerprint density at radius 2 is 2.03 bits per heavy atom. The van der Waals surface area contributed by atoms with Crippen LogP contribution in [0.5, 0.6) is 0 Å². The Kier molecular flexibility index (Phi) is 5.96. The number of fused-ring (bicyclic) bond motifs is 1. The van der Waals surface area contributed by atoms with Crippen LogP contribution >= 0.6 is 0 Å². The third-order valence-corrected chi connectivity index (χ3v) is 7.31. The first-order valence-corrected chi connectivity index (χ1v) is 12.6. The van der Waals surface area contributed by atoms with Crippen molar-refractivity contribution >= 4 is 23.2 Å². The molecule has 0 saturated heterocycles. The van der Waals surface area contributed by atoms with Crippen LogP contribution < -0.4 is 10.6 Å². The Bertz CT molecular complexity index is 1350. The molecule has 3 aromatic rings. The quantitative estimate of drug-likeness (QED) is 0.347. The van der Waals surface area contributed by atoms with Crippen molar-refractivity contribution in [2.75, 3.05) is 5.32 Å². The average molecular weight is 538 g/mol. The van der Waals surface area contributed by atoms with Crippen molar-refractivity contribution in [1.82, 2.24) is 30.1 Å². The first-order valence-electron chi connectivity index (χ1n) is 12.6. The van der Waals surface area contributed by atoms with Crippen LogP contribution in [0.25, 0.3) is 5.52 Å². The molecular formula is C24H27F4N7O3. The Hall–Kier alpha value is -3.42. The molecule has 3 aliphatic rings. The van der Waals surface area contributed by atoms with Crippen molar-refractivity contribution in [2.24, 2.45) is 0 Å². The summed E-state index contributed by atoms with van der Waals surface area (Å²) in [6, 6.07) is 3.13. The molecule has 3 atom stereocenters. The lowest BCUT2D eigenvalue weighted by atomic mass is 10.0. The molecule has 3 heterocycles. The van der Waals surface area contributed by atoms with E-state index in [0.717, 1.165) is 31.4 Å². The number of H-pyrrole nitrogens is 1. The number of carbonyl (C=O) groups excluding carboxylic acids is 1. The number of alkyl carbamates (subject to hydrolysis) is 1. The second-order valence-corrected chi connectivity index (χ2v) is 10.6. The van der Waals surface area contributed by atoms with E-state index < -0.39 is 37.3 Å². The number of alkyl halides is 4. The predicted octanol–water partition coefficient (Wildman–Crippen LogP) is 4.97. The van der Waals surface area contributed by atoms with E-state index in [1.54, 1.807) is 12.3 Å². The largest absolute Gasteiger partial charge is 0.522 e. The van der Waals surface area contributed by atoms with Crippen LogP contribution in [-0.4, -0.2) is 55.1 Å². The maximum Gasteiger partial charge on any atom is 0.522 e. The molecule has 3 aliphatic carbocycles. The minimum absolute atomic E-state index is 0.0971. The number of hydrogen-bond donors (Lipinski definition) is 3. The number of aromatic nitrogens is 5. The zero-order chi connectivity index (χ0) is 26.7. The summed E-state index contributed by atoms with van der Waals surface area (Å²) in [5, 5.41) is 17.2. The molecule has 0 aromatic carbocycles. The smallest absolute Gasteiger partial charge is 0.443 e. The predicted molar refractivity (Wildman–Crippen MR) is 126 cm³/mol. The molecule has 3 N–H and O–H groups in total. The van der Waals surface area contributed by atoms with E-state index in [-0.39, 0.29) is 17.2 Å². The van der Waals surface area contributed by atoms with E-state index in [0.29, 0.717) is 35.7 Å². The second-order valence-electron chi connectivity index (χ2n) is 10.6. The Morgan fingerprint density at radius 3 is 2.74 bits per heavy atom. The van der Waals surface area contributed by atoms with Gasteiger partial charge in [0.05, 0.1) is 17.6 Å². The van der Waals surface area contributed by atoms with Gasteiger partial charge in [-0.2, -0.15) is 10.2 Å². The average Bonchev–Trinajstić information content (AvgIpc) is 3.68. The summed E-state index contributed by atoms with van der Waals surface area (Å²) in [5.41, 5.74) is 1.61. The molecule has 14 heteroatoms. The SMILES string of the molecule is CC1(NC(=O)O[C@H]2CC[C@@H](c3cc(Nc4nc(C5CC5)cn5nc(COC(F)(F)F)cc45)n[nH]3)[C@@H]2F)CC1. The first kappa shape index (κ1) is 24.9. The summed E-state index contributed by atoms with van der Waals surface area (Å²) in [7, 11) is 0. The van der Waals surface area contributed by atoms with Crippen LogP contribution in [0.15, 0.2) is 18.3 Å². The van der Waals surface area contributed by atoms with Gasteiger partial charge in [0.2, 0.25) is 0 Å². The van der Waals surface area contributed by atoms with Gasteiger partial charge < -0.3 is 15.4 Å². The molecule has 6 rings (SSSR count). The van der Waals surface area contributed by atoms with Gasteiger partial charge >= 0.3 is 12.5 Å². The number of ether oxygens (including phenoxy) is 2. The van der Waals surface area contributed by atoms with Gasteiger partial charge in [-0.1, -0.05) is 0 Å². The third kappa shape index (κ3) is 5.40. The molecule has 38 heavy (non-hydrogen) atoms. The Balaban J connectivity index is 1.16. The lowest BCUT2D eigenvalue weighted by Crippen LogP contribution is -2.38. The van der Waals surface area contributed by atoms with Crippen LogP contribution in [0.3, 0.4) is 0 Å². The second kappa shape index (κ2) is 9.10. The van der Waals surface area contributed by atoms with Gasteiger partial charge in [0, 0.05) is 29.1 Å². The third-order valence-electron chi connectivity index (χ3n) is 7.31. The number of anilines is 2. The van der Waals surface area contributed by atoms with E-state index in [4.69, 9.17) is 4.74 Å². The zero-order valence-corrected chi connectivity index (χ0v) is 20.5. The molecule has 0 spiro atoms. The molecule has 3 saturated carbocycles. The molecule has 3 fully saturated rings. The molecule has 10 nitrogen and oxygen atoms in total. The number of aromatic amines is 1. The van der Waals surface area contributed by atoms with Crippen molar-refractivity contribution in [3.63, 3.8) is 0 Å². The topological polar surface area (TPSA) is 118 Å². The first-order chi connectivity index (χ1) is 18.1. The maximum atomic E-state index is 15.2. The highest BCUT2D eigenvalue weighted by atomic mass is 19.4. The summed E-state index contributed by atoms with van der Waals surface area (Å²) in [6.45, 7) is 1.19.